The molecule has 6 nitrogen and oxygen atoms in total. The molecule has 1 aliphatic heterocycles. The average Bonchev–Trinajstić information content (AvgIpc) is 2.91. The van der Waals surface area contributed by atoms with Gasteiger partial charge < -0.3 is 0 Å². The van der Waals surface area contributed by atoms with Crippen molar-refractivity contribution >= 4 is 33.0 Å². The minimum Gasteiger partial charge on any atom is -0.248 e. The highest BCUT2D eigenvalue weighted by molar-refractivity contribution is 7.91. The van der Waals surface area contributed by atoms with Crippen LogP contribution in [-0.4, -0.2) is 29.2 Å². The summed E-state index contributed by atoms with van der Waals surface area (Å²) >= 11 is 7.03. The number of aromatic nitrogens is 3. The minimum atomic E-state index is -3.53. The fourth-order valence-electron chi connectivity index (χ4n) is 2.37. The van der Waals surface area contributed by atoms with Gasteiger partial charge in [-0.05, 0) is 31.9 Å². The predicted octanol–water partition coefficient (Wildman–Crippen LogP) is 1.90. The van der Waals surface area contributed by atoms with E-state index < -0.39 is 10.0 Å². The van der Waals surface area contributed by atoms with Crippen LogP contribution in [0.3, 0.4) is 0 Å². The Morgan fingerprint density at radius 3 is 2.90 bits per heavy atom. The van der Waals surface area contributed by atoms with Crippen LogP contribution in [0.1, 0.15) is 23.6 Å². The van der Waals surface area contributed by atoms with Gasteiger partial charge in [-0.3, -0.25) is 0 Å². The number of fused-ring (bicyclic) bond motifs is 1. The molecule has 0 saturated heterocycles. The SMILES string of the molecule is Cc1nc2n(n1)C[C@H](NS(=O)(=O)c1cc(C)c(Cl)s1)CC2. The first-order chi connectivity index (χ1) is 9.85. The number of rotatable bonds is 3. The van der Waals surface area contributed by atoms with Crippen LogP contribution in [0.15, 0.2) is 10.3 Å². The van der Waals surface area contributed by atoms with Gasteiger partial charge in [-0.2, -0.15) is 5.10 Å². The molecule has 21 heavy (non-hydrogen) atoms. The summed E-state index contributed by atoms with van der Waals surface area (Å²) in [6.45, 7) is 4.14. The van der Waals surface area contributed by atoms with E-state index in [1.54, 1.807) is 17.7 Å². The Hall–Kier alpha value is -0.960. The summed E-state index contributed by atoms with van der Waals surface area (Å²) in [5.41, 5.74) is 0.778. The van der Waals surface area contributed by atoms with Gasteiger partial charge in [0.05, 0.1) is 10.9 Å². The molecule has 3 heterocycles. The number of halogens is 1. The summed E-state index contributed by atoms with van der Waals surface area (Å²) in [6, 6.07) is 1.42. The zero-order valence-electron chi connectivity index (χ0n) is 11.6. The number of hydrogen-bond acceptors (Lipinski definition) is 5. The fourth-order valence-corrected chi connectivity index (χ4v) is 5.36. The van der Waals surface area contributed by atoms with Gasteiger partial charge in [-0.25, -0.2) is 22.8 Å². The van der Waals surface area contributed by atoms with Crippen LogP contribution in [0.25, 0.3) is 0 Å². The van der Waals surface area contributed by atoms with Gasteiger partial charge in [0.2, 0.25) is 10.0 Å². The van der Waals surface area contributed by atoms with E-state index in [1.807, 2.05) is 6.92 Å². The van der Waals surface area contributed by atoms with Crippen molar-refractivity contribution in [2.75, 3.05) is 0 Å². The highest BCUT2D eigenvalue weighted by Gasteiger charge is 2.27. The van der Waals surface area contributed by atoms with E-state index in [0.29, 0.717) is 16.7 Å². The number of thiophene rings is 1. The van der Waals surface area contributed by atoms with Crippen molar-refractivity contribution in [3.8, 4) is 0 Å². The quantitative estimate of drug-likeness (QED) is 0.920. The second kappa shape index (κ2) is 5.35. The summed E-state index contributed by atoms with van der Waals surface area (Å²) in [4.78, 5) is 4.31. The molecule has 0 aromatic carbocycles. The van der Waals surface area contributed by atoms with Gasteiger partial charge in [0, 0.05) is 12.5 Å². The first kappa shape index (κ1) is 15.0. The highest BCUT2D eigenvalue weighted by Crippen LogP contribution is 2.30. The zero-order valence-corrected chi connectivity index (χ0v) is 14.0. The molecule has 9 heteroatoms. The van der Waals surface area contributed by atoms with Crippen molar-refractivity contribution in [2.24, 2.45) is 0 Å². The molecule has 0 spiro atoms. The minimum absolute atomic E-state index is 0.176. The van der Waals surface area contributed by atoms with Gasteiger partial charge in [0.25, 0.3) is 0 Å². The van der Waals surface area contributed by atoms with Crippen molar-refractivity contribution in [3.63, 3.8) is 0 Å². The van der Waals surface area contributed by atoms with Gasteiger partial charge in [-0.1, -0.05) is 11.6 Å². The Morgan fingerprint density at radius 1 is 1.48 bits per heavy atom. The molecule has 114 valence electrons. The van der Waals surface area contributed by atoms with E-state index in [9.17, 15) is 8.42 Å². The van der Waals surface area contributed by atoms with E-state index in [-0.39, 0.29) is 10.3 Å². The molecule has 0 saturated carbocycles. The Bertz CT molecular complexity index is 762. The summed E-state index contributed by atoms with van der Waals surface area (Å²) < 4.78 is 30.0. The molecule has 0 aliphatic carbocycles. The molecule has 0 fully saturated rings. The number of nitrogens with one attached hydrogen (secondary N) is 1. The van der Waals surface area contributed by atoms with Crippen molar-refractivity contribution < 1.29 is 8.42 Å². The van der Waals surface area contributed by atoms with Gasteiger partial charge in [0.15, 0.2) is 0 Å². The summed E-state index contributed by atoms with van der Waals surface area (Å²) in [5.74, 6) is 1.63. The number of sulfonamides is 1. The van der Waals surface area contributed by atoms with Crippen molar-refractivity contribution in [1.29, 1.82) is 0 Å². The monoisotopic (exact) mass is 346 g/mol. The van der Waals surface area contributed by atoms with Crippen LogP contribution in [0.2, 0.25) is 4.34 Å². The lowest BCUT2D eigenvalue weighted by atomic mass is 10.1. The van der Waals surface area contributed by atoms with Crippen molar-refractivity contribution in [1.82, 2.24) is 19.5 Å². The van der Waals surface area contributed by atoms with Crippen LogP contribution in [-0.2, 0) is 23.0 Å². The molecule has 2 aromatic heterocycles. The van der Waals surface area contributed by atoms with E-state index in [0.717, 1.165) is 35.6 Å². The standard InChI is InChI=1S/C12H15ClN4O2S2/c1-7-5-11(20-12(7)13)21(18,19)16-9-3-4-10-14-8(2)15-17(10)6-9/h5,9,16H,3-4,6H2,1-2H3/t9-/m1/s1. The first-order valence-corrected chi connectivity index (χ1v) is 9.21. The zero-order chi connectivity index (χ0) is 15.2. The maximum Gasteiger partial charge on any atom is 0.250 e. The number of aryl methyl sites for hydroxylation is 3. The summed E-state index contributed by atoms with van der Waals surface area (Å²) in [5, 5.41) is 4.27. The Kier molecular flexibility index (Phi) is 3.81. The third kappa shape index (κ3) is 2.98. The average molecular weight is 347 g/mol. The third-order valence-electron chi connectivity index (χ3n) is 3.39. The largest absolute Gasteiger partial charge is 0.250 e. The fraction of sp³-hybridized carbons (Fsp3) is 0.500. The molecule has 1 N–H and O–H groups in total. The molecule has 0 amide bonds. The lowest BCUT2D eigenvalue weighted by Gasteiger charge is -2.23. The second-order valence-corrected chi connectivity index (χ2v) is 8.73. The van der Waals surface area contributed by atoms with Crippen LogP contribution < -0.4 is 4.72 Å². The molecular formula is C12H15ClN4O2S2. The third-order valence-corrected chi connectivity index (χ3v) is 6.93. The molecule has 1 atom stereocenters. The van der Waals surface area contributed by atoms with E-state index in [2.05, 4.69) is 14.8 Å². The van der Waals surface area contributed by atoms with Crippen LogP contribution in [0, 0.1) is 13.8 Å². The lowest BCUT2D eigenvalue weighted by Crippen LogP contribution is -2.41. The van der Waals surface area contributed by atoms with Gasteiger partial charge >= 0.3 is 0 Å². The van der Waals surface area contributed by atoms with Crippen LogP contribution in [0.4, 0.5) is 0 Å². The molecule has 0 radical (unpaired) electrons. The van der Waals surface area contributed by atoms with Crippen LogP contribution >= 0.6 is 22.9 Å². The van der Waals surface area contributed by atoms with Crippen molar-refractivity contribution in [2.45, 2.75) is 43.5 Å². The van der Waals surface area contributed by atoms with Crippen molar-refractivity contribution in [3.05, 3.63) is 27.6 Å². The maximum absolute atomic E-state index is 12.4. The second-order valence-electron chi connectivity index (χ2n) is 5.14. The predicted molar refractivity (Wildman–Crippen MR) is 81.3 cm³/mol. The van der Waals surface area contributed by atoms with E-state index in [4.69, 9.17) is 11.6 Å². The number of hydrogen-bond donors (Lipinski definition) is 1. The van der Waals surface area contributed by atoms with Crippen LogP contribution in [0.5, 0.6) is 0 Å². The smallest absolute Gasteiger partial charge is 0.248 e. The van der Waals surface area contributed by atoms with Gasteiger partial charge in [0.1, 0.15) is 15.9 Å². The topological polar surface area (TPSA) is 76.9 Å². The molecule has 0 unspecified atom stereocenters. The van der Waals surface area contributed by atoms with E-state index >= 15 is 0 Å². The molecule has 1 aliphatic rings. The summed E-state index contributed by atoms with van der Waals surface area (Å²) in [6.07, 6.45) is 1.44. The van der Waals surface area contributed by atoms with E-state index in [1.165, 1.54) is 0 Å². The molecular weight excluding hydrogens is 332 g/mol. The Morgan fingerprint density at radius 2 is 2.24 bits per heavy atom. The maximum atomic E-state index is 12.4. The molecule has 3 rings (SSSR count). The van der Waals surface area contributed by atoms with Gasteiger partial charge in [-0.15, -0.1) is 11.3 Å². The molecule has 0 bridgehead atoms. The normalized spacial score (nSPS) is 18.7. The lowest BCUT2D eigenvalue weighted by molar-refractivity contribution is 0.395. The molecule has 2 aromatic rings. The first-order valence-electron chi connectivity index (χ1n) is 6.54. The Labute approximate surface area is 132 Å². The highest BCUT2D eigenvalue weighted by atomic mass is 35.5. The Balaban J connectivity index is 1.78. The summed E-state index contributed by atoms with van der Waals surface area (Å²) in [7, 11) is -3.53. The number of nitrogens with zero attached hydrogens (tertiary/aromatic N) is 3.